The van der Waals surface area contributed by atoms with Crippen molar-refractivity contribution in [3.05, 3.63) is 29.8 Å². The van der Waals surface area contributed by atoms with Crippen molar-refractivity contribution < 1.29 is 19.4 Å². The quantitative estimate of drug-likeness (QED) is 0.864. The highest BCUT2D eigenvalue weighted by Gasteiger charge is 2.45. The maximum absolute atomic E-state index is 12.0. The van der Waals surface area contributed by atoms with E-state index in [1.807, 2.05) is 12.1 Å². The predicted molar refractivity (Wildman–Crippen MR) is 68.5 cm³/mol. The molecule has 1 saturated heterocycles. The summed E-state index contributed by atoms with van der Waals surface area (Å²) in [6.45, 7) is 1.34. The number of aliphatic hydroxyl groups is 1. The van der Waals surface area contributed by atoms with Gasteiger partial charge in [0.25, 0.3) is 5.91 Å². The van der Waals surface area contributed by atoms with Crippen molar-refractivity contribution >= 4 is 11.6 Å². The Labute approximate surface area is 111 Å². The second-order valence-electron chi connectivity index (χ2n) is 4.92. The normalized spacial score (nSPS) is 27.1. The van der Waals surface area contributed by atoms with Gasteiger partial charge in [0.1, 0.15) is 0 Å². The van der Waals surface area contributed by atoms with Crippen molar-refractivity contribution in [2.45, 2.75) is 31.2 Å². The Morgan fingerprint density at radius 1 is 1.32 bits per heavy atom. The van der Waals surface area contributed by atoms with E-state index in [1.165, 1.54) is 0 Å². The minimum absolute atomic E-state index is 0.292. The second kappa shape index (κ2) is 4.92. The maximum atomic E-state index is 12.0. The molecule has 1 amide bonds. The Kier molecular flexibility index (Phi) is 3.26. The average molecular weight is 263 g/mol. The SMILES string of the molecule is O=C1Nc2ccccc2[C@]1(O)CCC1OCCCO1. The molecule has 2 aliphatic heterocycles. The van der Waals surface area contributed by atoms with Crippen LogP contribution in [0.15, 0.2) is 24.3 Å². The Morgan fingerprint density at radius 2 is 2.05 bits per heavy atom. The standard InChI is InChI=1S/C14H17NO4/c16-13-14(17,7-6-12-18-8-3-9-19-12)10-4-1-2-5-11(10)15-13/h1-2,4-5,12,17H,3,6-9H2,(H,15,16)/t14-/m1/s1. The molecule has 0 bridgehead atoms. The zero-order valence-electron chi connectivity index (χ0n) is 10.6. The van der Waals surface area contributed by atoms with Gasteiger partial charge in [0, 0.05) is 17.7 Å². The molecule has 0 radical (unpaired) electrons. The van der Waals surface area contributed by atoms with E-state index in [2.05, 4.69) is 5.32 Å². The lowest BCUT2D eigenvalue weighted by Gasteiger charge is -2.27. The summed E-state index contributed by atoms with van der Waals surface area (Å²) in [7, 11) is 0. The number of hydrogen-bond acceptors (Lipinski definition) is 4. The minimum atomic E-state index is -1.47. The summed E-state index contributed by atoms with van der Waals surface area (Å²) < 4.78 is 10.9. The summed E-state index contributed by atoms with van der Waals surface area (Å²) in [6, 6.07) is 7.21. The molecule has 1 aromatic rings. The van der Waals surface area contributed by atoms with Gasteiger partial charge in [0.2, 0.25) is 0 Å². The molecule has 19 heavy (non-hydrogen) atoms. The third-order valence-corrected chi connectivity index (χ3v) is 3.63. The van der Waals surface area contributed by atoms with E-state index < -0.39 is 5.60 Å². The van der Waals surface area contributed by atoms with Gasteiger partial charge in [0.15, 0.2) is 11.9 Å². The van der Waals surface area contributed by atoms with Crippen LogP contribution in [-0.2, 0) is 19.9 Å². The second-order valence-corrected chi connectivity index (χ2v) is 4.92. The lowest BCUT2D eigenvalue weighted by atomic mass is 9.90. The fourth-order valence-corrected chi connectivity index (χ4v) is 2.58. The highest BCUT2D eigenvalue weighted by molar-refractivity contribution is 6.04. The van der Waals surface area contributed by atoms with Crippen LogP contribution in [0.25, 0.3) is 0 Å². The summed E-state index contributed by atoms with van der Waals surface area (Å²) in [6.07, 6.45) is 1.36. The highest BCUT2D eigenvalue weighted by Crippen LogP contribution is 2.39. The third-order valence-electron chi connectivity index (χ3n) is 3.63. The Morgan fingerprint density at radius 3 is 2.84 bits per heavy atom. The lowest BCUT2D eigenvalue weighted by Crippen LogP contribution is -2.36. The van der Waals surface area contributed by atoms with Crippen molar-refractivity contribution in [3.63, 3.8) is 0 Å². The van der Waals surface area contributed by atoms with E-state index in [1.54, 1.807) is 12.1 Å². The van der Waals surface area contributed by atoms with E-state index in [0.29, 0.717) is 37.3 Å². The molecule has 0 unspecified atom stereocenters. The summed E-state index contributed by atoms with van der Waals surface area (Å²) in [5.41, 5.74) is -0.155. The molecular weight excluding hydrogens is 246 g/mol. The summed E-state index contributed by atoms with van der Waals surface area (Å²) in [4.78, 5) is 12.0. The minimum Gasteiger partial charge on any atom is -0.375 e. The Bertz CT molecular complexity index is 484. The van der Waals surface area contributed by atoms with Crippen LogP contribution in [-0.4, -0.2) is 30.5 Å². The lowest BCUT2D eigenvalue weighted by molar-refractivity contribution is -0.187. The Hall–Kier alpha value is -1.43. The van der Waals surface area contributed by atoms with Crippen LogP contribution in [0.4, 0.5) is 5.69 Å². The van der Waals surface area contributed by atoms with Gasteiger partial charge in [0.05, 0.1) is 13.2 Å². The molecule has 1 aromatic carbocycles. The largest absolute Gasteiger partial charge is 0.375 e. The van der Waals surface area contributed by atoms with Gasteiger partial charge in [-0.25, -0.2) is 0 Å². The number of ether oxygens (including phenoxy) is 2. The van der Waals surface area contributed by atoms with E-state index in [9.17, 15) is 9.90 Å². The smallest absolute Gasteiger partial charge is 0.261 e. The fourth-order valence-electron chi connectivity index (χ4n) is 2.58. The number of anilines is 1. The van der Waals surface area contributed by atoms with Crippen LogP contribution < -0.4 is 5.32 Å². The van der Waals surface area contributed by atoms with Crippen molar-refractivity contribution in [1.29, 1.82) is 0 Å². The number of nitrogens with one attached hydrogen (secondary N) is 1. The molecular formula is C14H17NO4. The topological polar surface area (TPSA) is 67.8 Å². The van der Waals surface area contributed by atoms with Crippen LogP contribution >= 0.6 is 0 Å². The molecule has 0 spiro atoms. The zero-order valence-corrected chi connectivity index (χ0v) is 10.6. The van der Waals surface area contributed by atoms with Gasteiger partial charge in [-0.15, -0.1) is 0 Å². The van der Waals surface area contributed by atoms with Gasteiger partial charge in [-0.05, 0) is 18.9 Å². The van der Waals surface area contributed by atoms with Crippen molar-refractivity contribution in [3.8, 4) is 0 Å². The predicted octanol–water partition coefficient (Wildman–Crippen LogP) is 1.37. The van der Waals surface area contributed by atoms with Gasteiger partial charge < -0.3 is 19.9 Å². The first-order chi connectivity index (χ1) is 9.20. The molecule has 0 aromatic heterocycles. The highest BCUT2D eigenvalue weighted by atomic mass is 16.7. The number of para-hydroxylation sites is 1. The molecule has 5 nitrogen and oxygen atoms in total. The van der Waals surface area contributed by atoms with E-state index in [0.717, 1.165) is 6.42 Å². The monoisotopic (exact) mass is 263 g/mol. The number of carbonyl (C=O) groups is 1. The first-order valence-electron chi connectivity index (χ1n) is 6.57. The van der Waals surface area contributed by atoms with E-state index >= 15 is 0 Å². The maximum Gasteiger partial charge on any atom is 0.261 e. The molecule has 0 aliphatic carbocycles. The van der Waals surface area contributed by atoms with Gasteiger partial charge in [-0.3, -0.25) is 4.79 Å². The number of amides is 1. The van der Waals surface area contributed by atoms with Gasteiger partial charge >= 0.3 is 0 Å². The van der Waals surface area contributed by atoms with E-state index in [4.69, 9.17) is 9.47 Å². The van der Waals surface area contributed by atoms with Crippen LogP contribution in [0.5, 0.6) is 0 Å². The molecule has 3 rings (SSSR count). The molecule has 102 valence electrons. The number of fused-ring (bicyclic) bond motifs is 1. The fraction of sp³-hybridized carbons (Fsp3) is 0.500. The van der Waals surface area contributed by atoms with Crippen LogP contribution in [0.3, 0.4) is 0 Å². The number of hydrogen-bond donors (Lipinski definition) is 2. The van der Waals surface area contributed by atoms with Gasteiger partial charge in [-0.1, -0.05) is 18.2 Å². The summed E-state index contributed by atoms with van der Waals surface area (Å²) in [5.74, 6) is -0.371. The molecule has 2 heterocycles. The van der Waals surface area contributed by atoms with Crippen molar-refractivity contribution in [1.82, 2.24) is 0 Å². The summed E-state index contributed by atoms with van der Waals surface area (Å²) >= 11 is 0. The summed E-state index contributed by atoms with van der Waals surface area (Å²) in [5, 5.41) is 13.3. The molecule has 0 saturated carbocycles. The number of rotatable bonds is 3. The molecule has 1 fully saturated rings. The molecule has 2 N–H and O–H groups in total. The zero-order chi connectivity index (χ0) is 13.3. The third kappa shape index (κ3) is 2.25. The van der Waals surface area contributed by atoms with Crippen molar-refractivity contribution in [2.75, 3.05) is 18.5 Å². The first-order valence-corrected chi connectivity index (χ1v) is 6.57. The van der Waals surface area contributed by atoms with Crippen LogP contribution in [0, 0.1) is 0 Å². The van der Waals surface area contributed by atoms with E-state index in [-0.39, 0.29) is 12.2 Å². The average Bonchev–Trinajstić information content (AvgIpc) is 2.71. The van der Waals surface area contributed by atoms with Gasteiger partial charge in [-0.2, -0.15) is 0 Å². The van der Waals surface area contributed by atoms with Crippen LogP contribution in [0.1, 0.15) is 24.8 Å². The first kappa shape index (κ1) is 12.6. The Balaban J connectivity index is 1.73. The molecule has 1 atom stereocenters. The number of carbonyl (C=O) groups excluding carboxylic acids is 1. The molecule has 5 heteroatoms. The van der Waals surface area contributed by atoms with Crippen LogP contribution in [0.2, 0.25) is 0 Å². The number of benzene rings is 1. The van der Waals surface area contributed by atoms with Crippen molar-refractivity contribution in [2.24, 2.45) is 0 Å². The molecule has 2 aliphatic rings.